The van der Waals surface area contributed by atoms with E-state index in [-0.39, 0.29) is 35.1 Å². The fourth-order valence-corrected chi connectivity index (χ4v) is 4.27. The minimum atomic E-state index is -3.87. The van der Waals surface area contributed by atoms with Gasteiger partial charge in [-0.1, -0.05) is 6.07 Å². The van der Waals surface area contributed by atoms with Crippen molar-refractivity contribution < 1.29 is 18.1 Å². The van der Waals surface area contributed by atoms with Crippen molar-refractivity contribution in [2.45, 2.75) is 17.9 Å². The summed E-state index contributed by atoms with van der Waals surface area (Å²) in [7, 11) is -3.87. The summed E-state index contributed by atoms with van der Waals surface area (Å²) in [6, 6.07) is 8.85. The number of nitro benzene ring substituents is 1. The molecule has 0 amide bonds. The number of aryl methyl sites for hydroxylation is 1. The van der Waals surface area contributed by atoms with Crippen molar-refractivity contribution in [1.82, 2.24) is 9.29 Å². The number of ether oxygens (including phenoxy) is 1. The molecule has 9 nitrogen and oxygen atoms in total. The van der Waals surface area contributed by atoms with Crippen LogP contribution in [0, 0.1) is 28.4 Å². The van der Waals surface area contributed by atoms with Gasteiger partial charge in [-0.2, -0.15) is 9.57 Å². The molecule has 10 heteroatoms. The third kappa shape index (κ3) is 3.22. The maximum absolute atomic E-state index is 12.7. The first-order chi connectivity index (χ1) is 12.3. The summed E-state index contributed by atoms with van der Waals surface area (Å²) in [6.45, 7) is 1.73. The van der Waals surface area contributed by atoms with Crippen LogP contribution in [0.2, 0.25) is 0 Å². The van der Waals surface area contributed by atoms with Crippen LogP contribution in [-0.2, 0) is 10.0 Å². The average Bonchev–Trinajstić information content (AvgIpc) is 2.57. The van der Waals surface area contributed by atoms with Crippen LogP contribution in [0.25, 0.3) is 0 Å². The van der Waals surface area contributed by atoms with E-state index in [0.717, 1.165) is 6.07 Å². The molecule has 0 spiro atoms. The zero-order chi connectivity index (χ0) is 18.9. The number of nitriles is 1. The molecule has 3 rings (SSSR count). The molecule has 0 aliphatic carbocycles. The fourth-order valence-electron chi connectivity index (χ4n) is 2.52. The highest BCUT2D eigenvalue weighted by Gasteiger charge is 2.39. The molecule has 1 aromatic heterocycles. The second kappa shape index (κ2) is 6.70. The largest absolute Gasteiger partial charge is 0.471 e. The van der Waals surface area contributed by atoms with Crippen molar-refractivity contribution in [3.05, 3.63) is 57.8 Å². The number of non-ortho nitro benzene ring substituents is 1. The smallest absolute Gasteiger partial charge is 0.270 e. The predicted molar refractivity (Wildman–Crippen MR) is 90.0 cm³/mol. The van der Waals surface area contributed by atoms with Gasteiger partial charge in [0.05, 0.1) is 22.9 Å². The van der Waals surface area contributed by atoms with Gasteiger partial charge < -0.3 is 4.74 Å². The summed E-state index contributed by atoms with van der Waals surface area (Å²) in [5.74, 6) is 0.156. The van der Waals surface area contributed by atoms with E-state index in [1.165, 1.54) is 22.6 Å². The maximum Gasteiger partial charge on any atom is 0.270 e. The number of benzene rings is 1. The van der Waals surface area contributed by atoms with Gasteiger partial charge in [-0.15, -0.1) is 0 Å². The lowest BCUT2D eigenvalue weighted by atomic mass is 10.2. The lowest BCUT2D eigenvalue weighted by Gasteiger charge is -2.37. The Kier molecular flexibility index (Phi) is 4.58. The molecule has 0 radical (unpaired) electrons. The Labute approximate surface area is 149 Å². The minimum Gasteiger partial charge on any atom is -0.471 e. The highest BCUT2D eigenvalue weighted by atomic mass is 32.2. The van der Waals surface area contributed by atoms with Crippen LogP contribution in [0.4, 0.5) is 5.69 Å². The second-order valence-electron chi connectivity index (χ2n) is 5.74. The first kappa shape index (κ1) is 17.8. The standard InChI is InChI=1S/C16H14N4O5S/c1-11-4-5-13(20(21)22)7-15(11)26(23,24)19-9-14(10-19)25-16-12(8-17)3-2-6-18-16/h2-7,14H,9-10H2,1H3. The van der Waals surface area contributed by atoms with Gasteiger partial charge in [-0.25, -0.2) is 13.4 Å². The summed E-state index contributed by atoms with van der Waals surface area (Å²) >= 11 is 0. The van der Waals surface area contributed by atoms with E-state index in [4.69, 9.17) is 10.00 Å². The molecule has 1 fully saturated rings. The third-order valence-corrected chi connectivity index (χ3v) is 5.96. The van der Waals surface area contributed by atoms with Crippen LogP contribution in [0.5, 0.6) is 5.88 Å². The SMILES string of the molecule is Cc1ccc([N+](=O)[O-])cc1S(=O)(=O)N1CC(Oc2ncccc2C#N)C1. The Morgan fingerprint density at radius 1 is 1.38 bits per heavy atom. The van der Waals surface area contributed by atoms with Crippen molar-refractivity contribution in [1.29, 1.82) is 5.26 Å². The van der Waals surface area contributed by atoms with Crippen molar-refractivity contribution in [2.75, 3.05) is 13.1 Å². The number of sulfonamides is 1. The van der Waals surface area contributed by atoms with Crippen LogP contribution >= 0.6 is 0 Å². The van der Waals surface area contributed by atoms with Gasteiger partial charge in [0.15, 0.2) is 0 Å². The van der Waals surface area contributed by atoms with Crippen LogP contribution in [-0.4, -0.2) is 41.8 Å². The Morgan fingerprint density at radius 2 is 2.12 bits per heavy atom. The highest BCUT2D eigenvalue weighted by molar-refractivity contribution is 7.89. The number of rotatable bonds is 5. The summed E-state index contributed by atoms with van der Waals surface area (Å²) < 4.78 is 32.2. The van der Waals surface area contributed by atoms with Crippen LogP contribution in [0.15, 0.2) is 41.4 Å². The second-order valence-corrected chi connectivity index (χ2v) is 7.64. The fraction of sp³-hybridized carbons (Fsp3) is 0.250. The van der Waals surface area contributed by atoms with Gasteiger partial charge in [0.1, 0.15) is 17.7 Å². The first-order valence-electron chi connectivity index (χ1n) is 7.60. The Balaban J connectivity index is 1.75. The summed E-state index contributed by atoms with van der Waals surface area (Å²) in [5, 5.41) is 19.9. The van der Waals surface area contributed by atoms with Gasteiger partial charge in [0.25, 0.3) is 5.69 Å². The number of aromatic nitrogens is 1. The van der Waals surface area contributed by atoms with Crippen molar-refractivity contribution in [3.8, 4) is 11.9 Å². The predicted octanol–water partition coefficient (Wildman–Crippen LogP) is 1.62. The quantitative estimate of drug-likeness (QED) is 0.575. The molecule has 0 N–H and O–H groups in total. The molecule has 0 unspecified atom stereocenters. The normalized spacial score (nSPS) is 15.1. The summed E-state index contributed by atoms with van der Waals surface area (Å²) in [4.78, 5) is 14.1. The van der Waals surface area contributed by atoms with E-state index in [2.05, 4.69) is 4.98 Å². The molecule has 1 aliphatic heterocycles. The van der Waals surface area contributed by atoms with Crippen LogP contribution in [0.1, 0.15) is 11.1 Å². The van der Waals surface area contributed by atoms with Crippen molar-refractivity contribution in [3.63, 3.8) is 0 Å². The Morgan fingerprint density at radius 3 is 2.77 bits per heavy atom. The monoisotopic (exact) mass is 374 g/mol. The number of nitrogens with zero attached hydrogens (tertiary/aromatic N) is 4. The number of hydrogen-bond donors (Lipinski definition) is 0. The molecular formula is C16H14N4O5S. The molecule has 26 heavy (non-hydrogen) atoms. The summed E-state index contributed by atoms with van der Waals surface area (Å²) in [6.07, 6.45) is 1.04. The van der Waals surface area contributed by atoms with E-state index in [0.29, 0.717) is 5.56 Å². The van der Waals surface area contributed by atoms with Gasteiger partial charge in [-0.05, 0) is 24.6 Å². The average molecular weight is 374 g/mol. The molecule has 1 aromatic carbocycles. The molecule has 134 valence electrons. The van der Waals surface area contributed by atoms with Crippen LogP contribution < -0.4 is 4.74 Å². The van der Waals surface area contributed by atoms with E-state index >= 15 is 0 Å². The van der Waals surface area contributed by atoms with Crippen molar-refractivity contribution >= 4 is 15.7 Å². The first-order valence-corrected chi connectivity index (χ1v) is 9.04. The molecule has 1 aliphatic rings. The van der Waals surface area contributed by atoms with Gasteiger partial charge in [0, 0.05) is 18.3 Å². The van der Waals surface area contributed by atoms with E-state index in [1.54, 1.807) is 19.1 Å². The molecule has 0 atom stereocenters. The number of hydrogen-bond acceptors (Lipinski definition) is 7. The highest BCUT2D eigenvalue weighted by Crippen LogP contribution is 2.29. The molecular weight excluding hydrogens is 360 g/mol. The van der Waals surface area contributed by atoms with Gasteiger partial charge in [-0.3, -0.25) is 10.1 Å². The van der Waals surface area contributed by atoms with E-state index in [9.17, 15) is 18.5 Å². The van der Waals surface area contributed by atoms with Crippen molar-refractivity contribution in [2.24, 2.45) is 0 Å². The molecule has 0 bridgehead atoms. The maximum atomic E-state index is 12.7. The third-order valence-electron chi connectivity index (χ3n) is 3.98. The lowest BCUT2D eigenvalue weighted by molar-refractivity contribution is -0.385. The lowest BCUT2D eigenvalue weighted by Crippen LogP contribution is -2.56. The van der Waals surface area contributed by atoms with E-state index in [1.807, 2.05) is 6.07 Å². The number of pyridine rings is 1. The Hall–Kier alpha value is -3.03. The Bertz CT molecular complexity index is 1010. The molecule has 2 heterocycles. The van der Waals surface area contributed by atoms with Gasteiger partial charge >= 0.3 is 0 Å². The minimum absolute atomic E-state index is 0.0753. The summed E-state index contributed by atoms with van der Waals surface area (Å²) in [5.41, 5.74) is 0.412. The van der Waals surface area contributed by atoms with Crippen LogP contribution in [0.3, 0.4) is 0 Å². The zero-order valence-electron chi connectivity index (χ0n) is 13.7. The molecule has 2 aromatic rings. The van der Waals surface area contributed by atoms with Gasteiger partial charge in [0.2, 0.25) is 15.9 Å². The van der Waals surface area contributed by atoms with E-state index < -0.39 is 21.1 Å². The zero-order valence-corrected chi connectivity index (χ0v) is 14.5. The molecule has 0 saturated carbocycles. The topological polar surface area (TPSA) is 126 Å². The molecule has 1 saturated heterocycles. The number of nitro groups is 1.